The van der Waals surface area contributed by atoms with E-state index in [1.165, 1.54) is 18.2 Å². The van der Waals surface area contributed by atoms with Crippen molar-refractivity contribution in [1.29, 1.82) is 0 Å². The lowest BCUT2D eigenvalue weighted by Crippen LogP contribution is -2.32. The van der Waals surface area contributed by atoms with E-state index in [9.17, 15) is 26.4 Å². The van der Waals surface area contributed by atoms with Crippen molar-refractivity contribution >= 4 is 27.1 Å². The number of rotatable bonds is 8. The minimum atomic E-state index is -3.84. The van der Waals surface area contributed by atoms with E-state index in [-0.39, 0.29) is 28.0 Å². The van der Waals surface area contributed by atoms with Gasteiger partial charge in [-0.25, -0.2) is 21.6 Å². The number of ether oxygens (including phenoxy) is 1. The maximum Gasteiger partial charge on any atom is 0.255 e. The third kappa shape index (κ3) is 5.22. The molecule has 0 aromatic heterocycles. The molecule has 1 aliphatic rings. The van der Waals surface area contributed by atoms with Gasteiger partial charge in [-0.3, -0.25) is 4.79 Å². The lowest BCUT2D eigenvalue weighted by atomic mass is 10.0. The number of sulfone groups is 1. The molecule has 3 rings (SSSR count). The molecule has 0 aliphatic heterocycles. The Morgan fingerprint density at radius 3 is 2.35 bits per heavy atom. The molecule has 10 heteroatoms. The molecule has 0 bridgehead atoms. The van der Waals surface area contributed by atoms with Crippen LogP contribution in [0.1, 0.15) is 36.5 Å². The molecule has 1 aliphatic carbocycles. The third-order valence-corrected chi connectivity index (χ3v) is 8.83. The number of halogens is 3. The fourth-order valence-corrected chi connectivity index (χ4v) is 7.29. The van der Waals surface area contributed by atoms with E-state index < -0.39 is 38.4 Å². The molecule has 0 radical (unpaired) electrons. The van der Waals surface area contributed by atoms with Crippen LogP contribution in [0.3, 0.4) is 0 Å². The van der Waals surface area contributed by atoms with Gasteiger partial charge in [-0.1, -0.05) is 6.92 Å². The van der Waals surface area contributed by atoms with E-state index in [4.69, 9.17) is 4.74 Å². The monoisotopic (exact) mass is 498 g/mol. The smallest absolute Gasteiger partial charge is 0.255 e. The SMILES string of the molecule is COCC[C@@H]1CCC(C)C1S(=O)(=O)c1cc(C(=O)Nc2cc(F)c(F)c(F)c2)ccc1N(C)C. The van der Waals surface area contributed by atoms with Crippen LogP contribution in [0, 0.1) is 29.3 Å². The molecule has 1 N–H and O–H groups in total. The normalized spacial score (nSPS) is 20.4. The van der Waals surface area contributed by atoms with Gasteiger partial charge in [0.05, 0.1) is 15.8 Å². The van der Waals surface area contributed by atoms with Gasteiger partial charge in [0.25, 0.3) is 5.91 Å². The second kappa shape index (κ2) is 10.4. The summed E-state index contributed by atoms with van der Waals surface area (Å²) in [7, 11) is 1.15. The van der Waals surface area contributed by atoms with Crippen molar-refractivity contribution in [3.63, 3.8) is 0 Å². The van der Waals surface area contributed by atoms with Gasteiger partial charge in [0.2, 0.25) is 0 Å². The van der Waals surface area contributed by atoms with Crippen LogP contribution in [0.2, 0.25) is 0 Å². The zero-order chi connectivity index (χ0) is 25.2. The van der Waals surface area contributed by atoms with E-state index in [0.29, 0.717) is 30.8 Å². The van der Waals surface area contributed by atoms with Crippen molar-refractivity contribution in [2.24, 2.45) is 11.8 Å². The Kier molecular flexibility index (Phi) is 7.92. The third-order valence-electron chi connectivity index (χ3n) is 6.32. The summed E-state index contributed by atoms with van der Waals surface area (Å²) in [6.07, 6.45) is 2.16. The summed E-state index contributed by atoms with van der Waals surface area (Å²) in [4.78, 5) is 14.5. The molecule has 6 nitrogen and oxygen atoms in total. The first-order chi connectivity index (χ1) is 16.0. The van der Waals surface area contributed by atoms with Gasteiger partial charge in [0, 0.05) is 51.2 Å². The Balaban J connectivity index is 2.00. The van der Waals surface area contributed by atoms with Gasteiger partial charge in [-0.15, -0.1) is 0 Å². The minimum absolute atomic E-state index is 0.00610. The molecule has 2 aromatic rings. The molecular weight excluding hydrogens is 469 g/mol. The highest BCUT2D eigenvalue weighted by atomic mass is 32.2. The number of anilines is 2. The number of nitrogens with one attached hydrogen (secondary N) is 1. The van der Waals surface area contributed by atoms with Crippen LogP contribution in [-0.2, 0) is 14.6 Å². The zero-order valence-electron chi connectivity index (χ0n) is 19.6. The van der Waals surface area contributed by atoms with Crippen molar-refractivity contribution in [1.82, 2.24) is 0 Å². The summed E-state index contributed by atoms with van der Waals surface area (Å²) in [5, 5.41) is 1.67. The zero-order valence-corrected chi connectivity index (χ0v) is 20.4. The number of benzene rings is 2. The van der Waals surface area contributed by atoms with Crippen molar-refractivity contribution in [2.45, 2.75) is 36.3 Å². The van der Waals surface area contributed by atoms with Crippen LogP contribution < -0.4 is 10.2 Å². The topological polar surface area (TPSA) is 75.7 Å². The van der Waals surface area contributed by atoms with Crippen LogP contribution in [0.4, 0.5) is 24.5 Å². The summed E-state index contributed by atoms with van der Waals surface area (Å²) in [6.45, 7) is 2.37. The van der Waals surface area contributed by atoms with Gasteiger partial charge in [0.15, 0.2) is 27.3 Å². The molecule has 2 aromatic carbocycles. The number of carbonyl (C=O) groups excluding carboxylic acids is 1. The molecular formula is C24H29F3N2O4S. The van der Waals surface area contributed by atoms with Gasteiger partial charge < -0.3 is 15.0 Å². The van der Waals surface area contributed by atoms with Gasteiger partial charge in [-0.05, 0) is 49.3 Å². The van der Waals surface area contributed by atoms with Crippen LogP contribution in [0.15, 0.2) is 35.2 Å². The summed E-state index contributed by atoms with van der Waals surface area (Å²) in [6, 6.07) is 5.55. The number of hydrogen-bond acceptors (Lipinski definition) is 5. The van der Waals surface area contributed by atoms with Crippen molar-refractivity contribution in [3.05, 3.63) is 53.3 Å². The van der Waals surface area contributed by atoms with E-state index in [2.05, 4.69) is 5.32 Å². The first-order valence-electron chi connectivity index (χ1n) is 11.0. The molecule has 34 heavy (non-hydrogen) atoms. The second-order valence-electron chi connectivity index (χ2n) is 8.89. The van der Waals surface area contributed by atoms with E-state index in [0.717, 1.165) is 12.8 Å². The fraction of sp³-hybridized carbons (Fsp3) is 0.458. The van der Waals surface area contributed by atoms with Crippen molar-refractivity contribution in [2.75, 3.05) is 38.0 Å². The predicted molar refractivity (Wildman–Crippen MR) is 124 cm³/mol. The number of nitrogens with zero attached hydrogens (tertiary/aromatic N) is 1. The molecule has 186 valence electrons. The van der Waals surface area contributed by atoms with Gasteiger partial charge in [-0.2, -0.15) is 0 Å². The first-order valence-corrected chi connectivity index (χ1v) is 12.5. The minimum Gasteiger partial charge on any atom is -0.385 e. The Morgan fingerprint density at radius 2 is 1.76 bits per heavy atom. The van der Waals surface area contributed by atoms with Gasteiger partial charge >= 0.3 is 0 Å². The lowest BCUT2D eigenvalue weighted by Gasteiger charge is -2.26. The molecule has 1 saturated carbocycles. The van der Waals surface area contributed by atoms with Crippen molar-refractivity contribution in [3.8, 4) is 0 Å². The largest absolute Gasteiger partial charge is 0.385 e. The molecule has 2 unspecified atom stereocenters. The second-order valence-corrected chi connectivity index (χ2v) is 11.0. The number of methoxy groups -OCH3 is 1. The van der Waals surface area contributed by atoms with Gasteiger partial charge in [0.1, 0.15) is 0 Å². The van der Waals surface area contributed by atoms with Crippen LogP contribution >= 0.6 is 0 Å². The number of amides is 1. The molecule has 1 amide bonds. The van der Waals surface area contributed by atoms with Crippen LogP contribution in [0.5, 0.6) is 0 Å². The van der Waals surface area contributed by atoms with E-state index in [1.54, 1.807) is 26.1 Å². The number of hydrogen-bond donors (Lipinski definition) is 1. The predicted octanol–water partition coefficient (Wildman–Crippen LogP) is 4.65. The first kappa shape index (κ1) is 26.0. The summed E-state index contributed by atoms with van der Waals surface area (Å²) >= 11 is 0. The molecule has 0 heterocycles. The Bertz CT molecular complexity index is 1150. The maximum absolute atomic E-state index is 13.9. The quantitative estimate of drug-likeness (QED) is 0.537. The molecule has 0 spiro atoms. The summed E-state index contributed by atoms with van der Waals surface area (Å²) in [5.74, 6) is -5.45. The maximum atomic E-state index is 13.9. The fourth-order valence-electron chi connectivity index (χ4n) is 4.64. The highest BCUT2D eigenvalue weighted by Gasteiger charge is 2.44. The average Bonchev–Trinajstić information content (AvgIpc) is 3.16. The van der Waals surface area contributed by atoms with Crippen LogP contribution in [0.25, 0.3) is 0 Å². The lowest BCUT2D eigenvalue weighted by molar-refractivity contribution is 0.102. The molecule has 3 atom stereocenters. The Labute approximate surface area is 198 Å². The average molecular weight is 499 g/mol. The van der Waals surface area contributed by atoms with E-state index in [1.807, 2.05) is 6.92 Å². The summed E-state index contributed by atoms with van der Waals surface area (Å²) in [5.41, 5.74) is 0.139. The van der Waals surface area contributed by atoms with Crippen LogP contribution in [-0.4, -0.2) is 47.4 Å². The Hall–Kier alpha value is -2.59. The van der Waals surface area contributed by atoms with E-state index >= 15 is 0 Å². The Morgan fingerprint density at radius 1 is 1.12 bits per heavy atom. The number of carbonyl (C=O) groups is 1. The molecule has 1 fully saturated rings. The highest BCUT2D eigenvalue weighted by Crippen LogP contribution is 2.42. The summed E-state index contributed by atoms with van der Waals surface area (Å²) < 4.78 is 73.2. The highest BCUT2D eigenvalue weighted by molar-refractivity contribution is 7.92. The standard InChI is InChI=1S/C24H29F3N2O4S/c1-14-5-6-15(9-10-33-4)23(14)34(31,32)21-11-16(7-8-20(21)29(2)3)24(30)28-17-12-18(25)22(27)19(26)13-17/h7-8,11-15,23H,5-6,9-10H2,1-4H3,(H,28,30)/t14?,15-,23?/m0/s1. The molecule has 0 saturated heterocycles. The van der Waals surface area contributed by atoms with Crippen molar-refractivity contribution < 1.29 is 31.1 Å².